The van der Waals surface area contributed by atoms with Crippen molar-refractivity contribution in [3.8, 4) is 0 Å². The van der Waals surface area contributed by atoms with E-state index >= 15 is 0 Å². The third-order valence-corrected chi connectivity index (χ3v) is 11.6. The molecule has 0 fully saturated rings. The number of nitrogens with zero attached hydrogens (tertiary/aromatic N) is 1. The van der Waals surface area contributed by atoms with Gasteiger partial charge in [0.05, 0.1) is 27.7 Å². The summed E-state index contributed by atoms with van der Waals surface area (Å²) in [5.41, 5.74) is 0. The van der Waals surface area contributed by atoms with E-state index < -0.39 is 26.5 Å². The molecule has 0 aliphatic carbocycles. The van der Waals surface area contributed by atoms with E-state index in [1.165, 1.54) is 64.2 Å². The number of phosphoric acid groups is 1. The number of ether oxygens (including phenoxy) is 2. The Kier molecular flexibility index (Phi) is 44.3. The van der Waals surface area contributed by atoms with Gasteiger partial charge in [0.1, 0.15) is 19.8 Å². The van der Waals surface area contributed by atoms with Crippen LogP contribution < -0.4 is 0 Å². The van der Waals surface area contributed by atoms with Crippen LogP contribution in [-0.2, 0) is 32.7 Å². The van der Waals surface area contributed by atoms with Gasteiger partial charge in [-0.05, 0) is 89.9 Å². The molecular formula is C55H97NO8P+. The highest BCUT2D eigenvalue weighted by Crippen LogP contribution is 2.43. The average Bonchev–Trinajstić information content (AvgIpc) is 3.26. The molecule has 0 radical (unpaired) electrons. The summed E-state index contributed by atoms with van der Waals surface area (Å²) in [6.45, 7) is 4.28. The number of unbranched alkanes of at least 4 members (excludes halogenated alkanes) is 18. The van der Waals surface area contributed by atoms with Crippen molar-refractivity contribution in [1.29, 1.82) is 0 Å². The maximum absolute atomic E-state index is 12.8. The van der Waals surface area contributed by atoms with Crippen LogP contribution in [0.25, 0.3) is 0 Å². The first-order valence-corrected chi connectivity index (χ1v) is 27.3. The van der Waals surface area contributed by atoms with E-state index in [4.69, 9.17) is 18.5 Å². The lowest BCUT2D eigenvalue weighted by atomic mass is 10.1. The van der Waals surface area contributed by atoms with Gasteiger partial charge in [0.2, 0.25) is 0 Å². The van der Waals surface area contributed by atoms with Gasteiger partial charge in [0, 0.05) is 12.8 Å². The van der Waals surface area contributed by atoms with Crippen LogP contribution in [0.4, 0.5) is 0 Å². The smallest absolute Gasteiger partial charge is 0.462 e. The third kappa shape index (κ3) is 50.4. The number of hydrogen-bond donors (Lipinski definition) is 1. The second-order valence-corrected chi connectivity index (χ2v) is 19.6. The molecule has 0 aliphatic rings. The first-order valence-electron chi connectivity index (χ1n) is 25.8. The van der Waals surface area contributed by atoms with E-state index in [1.54, 1.807) is 0 Å². The molecule has 0 aromatic heterocycles. The second-order valence-electron chi connectivity index (χ2n) is 18.2. The number of rotatable bonds is 46. The number of likely N-dealkylation sites (N-methyl/N-ethyl adjacent to an activating group) is 1. The van der Waals surface area contributed by atoms with E-state index in [2.05, 4.69) is 98.9 Å². The van der Waals surface area contributed by atoms with Crippen molar-refractivity contribution in [2.24, 2.45) is 0 Å². The molecule has 0 amide bonds. The zero-order valence-electron chi connectivity index (χ0n) is 42.2. The molecule has 0 aromatic carbocycles. The van der Waals surface area contributed by atoms with E-state index in [1.807, 2.05) is 21.1 Å². The van der Waals surface area contributed by atoms with Crippen LogP contribution in [0.3, 0.4) is 0 Å². The molecule has 0 aliphatic heterocycles. The Bertz CT molecular complexity index is 1380. The Morgan fingerprint density at radius 2 is 0.877 bits per heavy atom. The van der Waals surface area contributed by atoms with Crippen molar-refractivity contribution in [1.82, 2.24) is 0 Å². The number of allylic oxidation sites excluding steroid dienone is 14. The topological polar surface area (TPSA) is 108 Å². The highest BCUT2D eigenvalue weighted by atomic mass is 31.2. The van der Waals surface area contributed by atoms with Gasteiger partial charge in [-0.3, -0.25) is 18.6 Å². The van der Waals surface area contributed by atoms with Crippen molar-refractivity contribution in [2.45, 2.75) is 206 Å². The molecule has 9 nitrogen and oxygen atoms in total. The number of esters is 2. The quantitative estimate of drug-likeness (QED) is 0.0211. The van der Waals surface area contributed by atoms with E-state index in [-0.39, 0.29) is 32.0 Å². The molecule has 1 N–H and O–H groups in total. The highest BCUT2D eigenvalue weighted by molar-refractivity contribution is 7.47. The summed E-state index contributed by atoms with van der Waals surface area (Å²) in [6.07, 6.45) is 60.6. The van der Waals surface area contributed by atoms with E-state index in [0.29, 0.717) is 17.4 Å². The van der Waals surface area contributed by atoms with Gasteiger partial charge < -0.3 is 18.9 Å². The molecule has 0 saturated heterocycles. The number of hydrogen-bond acceptors (Lipinski definition) is 7. The fraction of sp³-hybridized carbons (Fsp3) is 0.709. The lowest BCUT2D eigenvalue weighted by molar-refractivity contribution is -0.870. The summed E-state index contributed by atoms with van der Waals surface area (Å²) in [6, 6.07) is 0. The zero-order chi connectivity index (χ0) is 47.8. The minimum Gasteiger partial charge on any atom is -0.462 e. The number of quaternary nitrogens is 1. The van der Waals surface area contributed by atoms with Crippen LogP contribution in [0.15, 0.2) is 85.1 Å². The Hall–Kier alpha value is -2.81. The largest absolute Gasteiger partial charge is 0.472 e. The predicted molar refractivity (Wildman–Crippen MR) is 275 cm³/mol. The first-order chi connectivity index (χ1) is 31.5. The molecule has 0 saturated carbocycles. The number of carbonyl (C=O) groups is 2. The SMILES string of the molecule is CC/C=C\C/C=C\C/C=C\C/C=C\C/C=C\C/C=C\CCCCCCCCCCC(=O)OC(COC(=O)CCCCCCC/C=C\CCCCCCC)COP(=O)(O)OCC[N+](C)(C)C. The van der Waals surface area contributed by atoms with Gasteiger partial charge in [-0.1, -0.05) is 182 Å². The van der Waals surface area contributed by atoms with Crippen molar-refractivity contribution >= 4 is 19.8 Å². The summed E-state index contributed by atoms with van der Waals surface area (Å²) in [7, 11) is 1.46. The first kappa shape index (κ1) is 62.2. The van der Waals surface area contributed by atoms with Crippen LogP contribution in [0.5, 0.6) is 0 Å². The Morgan fingerprint density at radius 3 is 1.32 bits per heavy atom. The Morgan fingerprint density at radius 1 is 0.492 bits per heavy atom. The zero-order valence-corrected chi connectivity index (χ0v) is 43.1. The second kappa shape index (κ2) is 46.3. The molecule has 0 rings (SSSR count). The van der Waals surface area contributed by atoms with Crippen LogP contribution in [0.2, 0.25) is 0 Å². The van der Waals surface area contributed by atoms with Crippen LogP contribution >= 0.6 is 7.82 Å². The van der Waals surface area contributed by atoms with Gasteiger partial charge in [-0.15, -0.1) is 0 Å². The van der Waals surface area contributed by atoms with Gasteiger partial charge >= 0.3 is 19.8 Å². The van der Waals surface area contributed by atoms with E-state index in [9.17, 15) is 19.0 Å². The van der Waals surface area contributed by atoms with Gasteiger partial charge in [0.15, 0.2) is 6.10 Å². The summed E-state index contributed by atoms with van der Waals surface area (Å²) < 4.78 is 34.4. The number of phosphoric ester groups is 1. The van der Waals surface area contributed by atoms with Gasteiger partial charge in [0.25, 0.3) is 0 Å². The van der Waals surface area contributed by atoms with Gasteiger partial charge in [-0.2, -0.15) is 0 Å². The third-order valence-electron chi connectivity index (χ3n) is 10.7. The molecule has 2 unspecified atom stereocenters. The van der Waals surface area contributed by atoms with Gasteiger partial charge in [-0.25, -0.2) is 4.57 Å². The highest BCUT2D eigenvalue weighted by Gasteiger charge is 2.27. The van der Waals surface area contributed by atoms with Crippen LogP contribution in [0.1, 0.15) is 200 Å². The summed E-state index contributed by atoms with van der Waals surface area (Å²) >= 11 is 0. The molecule has 0 aromatic rings. The fourth-order valence-electron chi connectivity index (χ4n) is 6.66. The van der Waals surface area contributed by atoms with Crippen LogP contribution in [-0.4, -0.2) is 74.9 Å². The Balaban J connectivity index is 4.26. The molecule has 2 atom stereocenters. The molecular weight excluding hydrogens is 834 g/mol. The number of carbonyl (C=O) groups excluding carboxylic acids is 2. The maximum atomic E-state index is 12.8. The molecule has 10 heteroatoms. The summed E-state index contributed by atoms with van der Waals surface area (Å²) in [5.74, 6) is -0.822. The minimum atomic E-state index is -4.39. The standard InChI is InChI=1S/C55H96NO8P/c1-6-8-10-12-14-16-18-20-22-23-24-25-26-27-28-29-30-31-32-33-34-36-38-40-42-44-46-48-55(58)64-53(52-63-65(59,60)62-50-49-56(3,4)5)51-61-54(57)47-45-43-41-39-37-35-21-19-17-15-13-11-9-7-2/h8,10,14,16,19-22,24-25,27-28,30-31,53H,6-7,9,11-13,15,17-18,23,26,29,32-52H2,1-5H3/p+1/b10-8-,16-14-,21-19-,22-20-,25-24-,28-27-,31-30-. The lowest BCUT2D eigenvalue weighted by Gasteiger charge is -2.24. The van der Waals surface area contributed by atoms with Crippen molar-refractivity contribution in [3.63, 3.8) is 0 Å². The predicted octanol–water partition coefficient (Wildman–Crippen LogP) is 15.5. The molecule has 0 bridgehead atoms. The minimum absolute atomic E-state index is 0.0247. The fourth-order valence-corrected chi connectivity index (χ4v) is 7.40. The maximum Gasteiger partial charge on any atom is 0.472 e. The molecule has 65 heavy (non-hydrogen) atoms. The normalized spacial score (nSPS) is 14.1. The van der Waals surface area contributed by atoms with Crippen molar-refractivity contribution < 1.29 is 42.1 Å². The molecule has 0 heterocycles. The Labute approximate surface area is 399 Å². The lowest BCUT2D eigenvalue weighted by Crippen LogP contribution is -2.37. The molecule has 0 spiro atoms. The van der Waals surface area contributed by atoms with Crippen LogP contribution in [0, 0.1) is 0 Å². The molecule has 374 valence electrons. The van der Waals surface area contributed by atoms with Crippen molar-refractivity contribution in [2.75, 3.05) is 47.5 Å². The van der Waals surface area contributed by atoms with Crippen molar-refractivity contribution in [3.05, 3.63) is 85.1 Å². The average molecular weight is 931 g/mol. The summed E-state index contributed by atoms with van der Waals surface area (Å²) in [4.78, 5) is 35.5. The monoisotopic (exact) mass is 931 g/mol. The van der Waals surface area contributed by atoms with E-state index in [0.717, 1.165) is 103 Å². The summed E-state index contributed by atoms with van der Waals surface area (Å²) in [5, 5.41) is 0.